The molecular formula is C14H21BrN2O2. The molecule has 0 aliphatic carbocycles. The number of nitrogens with two attached hydrogens (primary N) is 1. The zero-order valence-electron chi connectivity index (χ0n) is 11.2. The van der Waals surface area contributed by atoms with Crippen LogP contribution in [0.15, 0.2) is 22.7 Å². The van der Waals surface area contributed by atoms with E-state index in [4.69, 9.17) is 15.2 Å². The van der Waals surface area contributed by atoms with Crippen LogP contribution in [0, 0.1) is 0 Å². The minimum absolute atomic E-state index is 0.0802. The van der Waals surface area contributed by atoms with E-state index in [1.165, 1.54) is 0 Å². The second-order valence-electron chi connectivity index (χ2n) is 4.72. The maximum atomic E-state index is 5.89. The van der Waals surface area contributed by atoms with Gasteiger partial charge in [0.05, 0.1) is 13.2 Å². The van der Waals surface area contributed by atoms with Crippen molar-refractivity contribution in [2.24, 2.45) is 5.73 Å². The van der Waals surface area contributed by atoms with E-state index >= 15 is 0 Å². The molecule has 1 aromatic carbocycles. The van der Waals surface area contributed by atoms with Crippen LogP contribution in [-0.2, 0) is 4.74 Å². The van der Waals surface area contributed by atoms with Gasteiger partial charge in [-0.15, -0.1) is 0 Å². The molecule has 1 aromatic rings. The average Bonchev–Trinajstić information content (AvgIpc) is 2.93. The molecule has 0 aromatic heterocycles. The molecule has 1 heterocycles. The molecular weight excluding hydrogens is 308 g/mol. The van der Waals surface area contributed by atoms with Crippen LogP contribution in [0.5, 0.6) is 5.75 Å². The van der Waals surface area contributed by atoms with E-state index < -0.39 is 0 Å². The number of methoxy groups -OCH3 is 1. The van der Waals surface area contributed by atoms with Crippen LogP contribution in [-0.4, -0.2) is 32.9 Å². The van der Waals surface area contributed by atoms with Crippen molar-refractivity contribution in [1.29, 1.82) is 0 Å². The Balaban J connectivity index is 2.05. The molecule has 1 aliphatic heterocycles. The van der Waals surface area contributed by atoms with Crippen molar-refractivity contribution in [1.82, 2.24) is 5.32 Å². The summed E-state index contributed by atoms with van der Waals surface area (Å²) in [5.41, 5.74) is 6.97. The second-order valence-corrected chi connectivity index (χ2v) is 5.63. The predicted molar refractivity (Wildman–Crippen MR) is 79.5 cm³/mol. The van der Waals surface area contributed by atoms with Crippen molar-refractivity contribution in [3.05, 3.63) is 28.2 Å². The molecule has 5 heteroatoms. The van der Waals surface area contributed by atoms with Crippen LogP contribution in [0.3, 0.4) is 0 Å². The lowest BCUT2D eigenvalue weighted by atomic mass is 10.1. The van der Waals surface area contributed by atoms with E-state index in [1.807, 2.05) is 12.1 Å². The molecule has 3 N–H and O–H groups in total. The predicted octanol–water partition coefficient (Wildman–Crippen LogP) is 2.23. The first-order chi connectivity index (χ1) is 9.24. The Morgan fingerprint density at radius 1 is 1.58 bits per heavy atom. The van der Waals surface area contributed by atoms with E-state index in [0.717, 1.165) is 41.8 Å². The Hall–Kier alpha value is -0.620. The Morgan fingerprint density at radius 2 is 2.42 bits per heavy atom. The highest BCUT2D eigenvalue weighted by Crippen LogP contribution is 2.28. The third-order valence-electron chi connectivity index (χ3n) is 3.42. The number of hydrogen-bond donors (Lipinski definition) is 2. The van der Waals surface area contributed by atoms with Crippen LogP contribution in [0.25, 0.3) is 0 Å². The van der Waals surface area contributed by atoms with Gasteiger partial charge in [-0.05, 0) is 31.0 Å². The number of ether oxygens (including phenoxy) is 2. The number of benzene rings is 1. The lowest BCUT2D eigenvalue weighted by molar-refractivity contribution is 0.107. The van der Waals surface area contributed by atoms with Gasteiger partial charge in [-0.2, -0.15) is 0 Å². The van der Waals surface area contributed by atoms with Gasteiger partial charge in [-0.3, -0.25) is 0 Å². The van der Waals surface area contributed by atoms with Gasteiger partial charge in [-0.25, -0.2) is 0 Å². The van der Waals surface area contributed by atoms with Gasteiger partial charge in [0, 0.05) is 35.8 Å². The molecule has 19 heavy (non-hydrogen) atoms. The standard InChI is InChI=1S/C14H21BrN2O2/c1-18-14-5-4-10(15)7-12(14)13(8-16)17-9-11-3-2-6-19-11/h4-5,7,11,13,17H,2-3,6,8-9,16H2,1H3. The van der Waals surface area contributed by atoms with Crippen molar-refractivity contribution in [3.63, 3.8) is 0 Å². The maximum absolute atomic E-state index is 5.89. The summed E-state index contributed by atoms with van der Waals surface area (Å²) in [4.78, 5) is 0. The molecule has 0 saturated carbocycles. The van der Waals surface area contributed by atoms with Gasteiger partial charge >= 0.3 is 0 Å². The van der Waals surface area contributed by atoms with Crippen LogP contribution in [0.4, 0.5) is 0 Å². The topological polar surface area (TPSA) is 56.5 Å². The van der Waals surface area contributed by atoms with Gasteiger partial charge < -0.3 is 20.5 Å². The molecule has 1 saturated heterocycles. The van der Waals surface area contributed by atoms with Crippen LogP contribution in [0.1, 0.15) is 24.4 Å². The Labute approximate surface area is 122 Å². The first-order valence-electron chi connectivity index (χ1n) is 6.63. The zero-order valence-corrected chi connectivity index (χ0v) is 12.8. The fourth-order valence-corrected chi connectivity index (χ4v) is 2.76. The highest BCUT2D eigenvalue weighted by Gasteiger charge is 2.19. The van der Waals surface area contributed by atoms with E-state index in [-0.39, 0.29) is 6.04 Å². The average molecular weight is 329 g/mol. The molecule has 2 atom stereocenters. The monoisotopic (exact) mass is 328 g/mol. The molecule has 1 fully saturated rings. The zero-order chi connectivity index (χ0) is 13.7. The molecule has 2 rings (SSSR count). The minimum atomic E-state index is 0.0802. The molecule has 2 unspecified atom stereocenters. The van der Waals surface area contributed by atoms with Gasteiger partial charge in [0.15, 0.2) is 0 Å². The van der Waals surface area contributed by atoms with Crippen LogP contribution >= 0.6 is 15.9 Å². The van der Waals surface area contributed by atoms with Crippen molar-refractivity contribution in [2.45, 2.75) is 25.0 Å². The number of halogens is 1. The Kier molecular flexibility index (Phi) is 5.63. The lowest BCUT2D eigenvalue weighted by Crippen LogP contribution is -2.34. The molecule has 4 nitrogen and oxygen atoms in total. The molecule has 0 bridgehead atoms. The summed E-state index contributed by atoms with van der Waals surface area (Å²) in [6.45, 7) is 2.23. The van der Waals surface area contributed by atoms with E-state index in [0.29, 0.717) is 12.6 Å². The van der Waals surface area contributed by atoms with Gasteiger partial charge in [0.1, 0.15) is 5.75 Å². The quantitative estimate of drug-likeness (QED) is 0.840. The number of rotatable bonds is 6. The van der Waals surface area contributed by atoms with Crippen molar-refractivity contribution >= 4 is 15.9 Å². The van der Waals surface area contributed by atoms with Gasteiger partial charge in [-0.1, -0.05) is 15.9 Å². The fraction of sp³-hybridized carbons (Fsp3) is 0.571. The van der Waals surface area contributed by atoms with E-state index in [9.17, 15) is 0 Å². The van der Waals surface area contributed by atoms with Crippen LogP contribution in [0.2, 0.25) is 0 Å². The summed E-state index contributed by atoms with van der Waals surface area (Å²) < 4.78 is 12.1. The number of nitrogens with one attached hydrogen (secondary N) is 1. The first kappa shape index (κ1) is 14.8. The molecule has 0 amide bonds. The summed E-state index contributed by atoms with van der Waals surface area (Å²) in [6, 6.07) is 6.06. The second kappa shape index (κ2) is 7.24. The SMILES string of the molecule is COc1ccc(Br)cc1C(CN)NCC1CCCO1. The largest absolute Gasteiger partial charge is 0.496 e. The molecule has 0 radical (unpaired) electrons. The van der Waals surface area contributed by atoms with Gasteiger partial charge in [0.25, 0.3) is 0 Å². The molecule has 1 aliphatic rings. The minimum Gasteiger partial charge on any atom is -0.496 e. The summed E-state index contributed by atoms with van der Waals surface area (Å²) in [7, 11) is 1.68. The van der Waals surface area contributed by atoms with Crippen molar-refractivity contribution in [3.8, 4) is 5.75 Å². The normalized spacial score (nSPS) is 20.5. The van der Waals surface area contributed by atoms with Crippen molar-refractivity contribution in [2.75, 3.05) is 26.8 Å². The fourth-order valence-electron chi connectivity index (χ4n) is 2.38. The third-order valence-corrected chi connectivity index (χ3v) is 3.91. The Bertz CT molecular complexity index is 408. The number of hydrogen-bond acceptors (Lipinski definition) is 4. The first-order valence-corrected chi connectivity index (χ1v) is 7.42. The van der Waals surface area contributed by atoms with E-state index in [1.54, 1.807) is 7.11 Å². The molecule has 106 valence electrons. The summed E-state index contributed by atoms with van der Waals surface area (Å²) in [6.07, 6.45) is 2.59. The van der Waals surface area contributed by atoms with Crippen LogP contribution < -0.4 is 15.8 Å². The third kappa shape index (κ3) is 3.92. The lowest BCUT2D eigenvalue weighted by Gasteiger charge is -2.22. The summed E-state index contributed by atoms with van der Waals surface area (Å²) in [5.74, 6) is 0.860. The maximum Gasteiger partial charge on any atom is 0.123 e. The Morgan fingerprint density at radius 3 is 3.05 bits per heavy atom. The van der Waals surface area contributed by atoms with Crippen molar-refractivity contribution < 1.29 is 9.47 Å². The van der Waals surface area contributed by atoms with E-state index in [2.05, 4.69) is 27.3 Å². The van der Waals surface area contributed by atoms with Gasteiger partial charge in [0.2, 0.25) is 0 Å². The summed E-state index contributed by atoms with van der Waals surface area (Å²) in [5, 5.41) is 3.48. The smallest absolute Gasteiger partial charge is 0.123 e. The highest BCUT2D eigenvalue weighted by atomic mass is 79.9. The highest BCUT2D eigenvalue weighted by molar-refractivity contribution is 9.10. The molecule has 0 spiro atoms. The summed E-state index contributed by atoms with van der Waals surface area (Å²) >= 11 is 3.49.